The largest absolute Gasteiger partial charge is 0.488 e. The number of amides is 1. The van der Waals surface area contributed by atoms with Crippen LogP contribution in [0.25, 0.3) is 10.9 Å². The van der Waals surface area contributed by atoms with Crippen LogP contribution in [-0.4, -0.2) is 39.8 Å². The van der Waals surface area contributed by atoms with Gasteiger partial charge in [0.05, 0.1) is 6.54 Å². The first-order chi connectivity index (χ1) is 15.1. The maximum absolute atomic E-state index is 12.7. The van der Waals surface area contributed by atoms with Crippen LogP contribution in [0.15, 0.2) is 54.7 Å². The molecule has 0 aliphatic carbocycles. The third-order valence-corrected chi connectivity index (χ3v) is 6.07. The third-order valence-electron chi connectivity index (χ3n) is 6.07. The monoisotopic (exact) mass is 420 g/mol. The van der Waals surface area contributed by atoms with Crippen molar-refractivity contribution in [3.05, 3.63) is 65.9 Å². The molecule has 1 aromatic heterocycles. The first-order valence-electron chi connectivity index (χ1n) is 11.4. The lowest BCUT2D eigenvalue weighted by atomic mass is 10.0. The predicted molar refractivity (Wildman–Crippen MR) is 123 cm³/mol. The van der Waals surface area contributed by atoms with Gasteiger partial charge in [0.25, 0.3) is 5.91 Å². The van der Waals surface area contributed by atoms with E-state index in [9.17, 15) is 9.90 Å². The molecule has 4 rings (SSSR count). The number of carbonyl (C=O) groups excluding carboxylic acids is 1. The molecule has 3 aromatic rings. The highest BCUT2D eigenvalue weighted by atomic mass is 16.5. The van der Waals surface area contributed by atoms with Crippen LogP contribution >= 0.6 is 0 Å². The van der Waals surface area contributed by atoms with Crippen molar-refractivity contribution >= 4 is 16.8 Å². The number of nitrogens with zero attached hydrogens (tertiary/aromatic N) is 1. The van der Waals surface area contributed by atoms with E-state index in [2.05, 4.69) is 24.0 Å². The Morgan fingerprint density at radius 3 is 2.65 bits per heavy atom. The van der Waals surface area contributed by atoms with Gasteiger partial charge in [-0.15, -0.1) is 0 Å². The molecule has 1 aliphatic heterocycles. The van der Waals surface area contributed by atoms with Crippen molar-refractivity contribution in [2.24, 2.45) is 0 Å². The number of unbranched alkanes of at least 4 members (excludes halogenated alkanes) is 5. The molecule has 0 spiro atoms. The smallest absolute Gasteiger partial charge is 0.256 e. The summed E-state index contributed by atoms with van der Waals surface area (Å²) >= 11 is 0. The summed E-state index contributed by atoms with van der Waals surface area (Å²) in [6.45, 7) is 2.60. The van der Waals surface area contributed by atoms with Gasteiger partial charge in [-0.2, -0.15) is 0 Å². The highest BCUT2D eigenvalue weighted by Gasteiger charge is 2.55. The molecule has 1 fully saturated rings. The zero-order valence-corrected chi connectivity index (χ0v) is 18.3. The van der Waals surface area contributed by atoms with Gasteiger partial charge < -0.3 is 19.7 Å². The van der Waals surface area contributed by atoms with Crippen LogP contribution in [0.4, 0.5) is 0 Å². The number of ether oxygens (including phenoxy) is 1. The van der Waals surface area contributed by atoms with Crippen LogP contribution in [0.5, 0.6) is 5.75 Å². The number of nitrogens with one attached hydrogen (secondary N) is 1. The van der Waals surface area contributed by atoms with Crippen LogP contribution in [0.2, 0.25) is 0 Å². The van der Waals surface area contributed by atoms with E-state index in [1.807, 2.05) is 36.5 Å². The number of fused-ring (bicyclic) bond motifs is 1. The number of carbonyl (C=O) groups is 1. The average molecular weight is 421 g/mol. The molecule has 164 valence electrons. The Kier molecular flexibility index (Phi) is 6.62. The summed E-state index contributed by atoms with van der Waals surface area (Å²) < 4.78 is 5.78. The SMILES string of the molecule is CCCCCCCCc1ccc(OCC2(O)CN2C(=O)c2ccc3[nH]ccc3c2)cc1. The molecule has 5 heteroatoms. The van der Waals surface area contributed by atoms with E-state index in [0.29, 0.717) is 11.3 Å². The van der Waals surface area contributed by atoms with Crippen molar-refractivity contribution in [2.45, 2.75) is 57.6 Å². The predicted octanol–water partition coefficient (Wildman–Crippen LogP) is 5.29. The molecule has 1 amide bonds. The minimum absolute atomic E-state index is 0.0713. The highest BCUT2D eigenvalue weighted by molar-refractivity contribution is 5.99. The normalized spacial score (nSPS) is 17.8. The first-order valence-corrected chi connectivity index (χ1v) is 11.4. The van der Waals surface area contributed by atoms with Crippen molar-refractivity contribution in [3.63, 3.8) is 0 Å². The van der Waals surface area contributed by atoms with Gasteiger partial charge in [0.15, 0.2) is 5.72 Å². The lowest BCUT2D eigenvalue weighted by molar-refractivity contribution is 0.0329. The van der Waals surface area contributed by atoms with Crippen molar-refractivity contribution in [1.82, 2.24) is 9.88 Å². The molecule has 0 bridgehead atoms. The van der Waals surface area contributed by atoms with Gasteiger partial charge in [-0.25, -0.2) is 0 Å². The zero-order valence-electron chi connectivity index (χ0n) is 18.3. The summed E-state index contributed by atoms with van der Waals surface area (Å²) in [6, 6.07) is 15.5. The van der Waals surface area contributed by atoms with Crippen molar-refractivity contribution in [2.75, 3.05) is 13.2 Å². The minimum atomic E-state index is -1.23. The van der Waals surface area contributed by atoms with E-state index in [-0.39, 0.29) is 19.1 Å². The van der Waals surface area contributed by atoms with Gasteiger partial charge in [-0.3, -0.25) is 4.79 Å². The van der Waals surface area contributed by atoms with E-state index >= 15 is 0 Å². The quantitative estimate of drug-likeness (QED) is 0.327. The second kappa shape index (κ2) is 9.56. The zero-order chi connectivity index (χ0) is 21.7. The van der Waals surface area contributed by atoms with Crippen LogP contribution in [-0.2, 0) is 6.42 Å². The maximum Gasteiger partial charge on any atom is 0.256 e. The Morgan fingerprint density at radius 1 is 1.06 bits per heavy atom. The number of hydrogen-bond acceptors (Lipinski definition) is 3. The second-order valence-electron chi connectivity index (χ2n) is 8.60. The maximum atomic E-state index is 12.7. The molecular weight excluding hydrogens is 388 g/mol. The number of aromatic nitrogens is 1. The van der Waals surface area contributed by atoms with Gasteiger partial charge in [0.2, 0.25) is 0 Å². The summed E-state index contributed by atoms with van der Waals surface area (Å²) in [5, 5.41) is 11.7. The van der Waals surface area contributed by atoms with E-state index in [4.69, 9.17) is 4.74 Å². The lowest BCUT2D eigenvalue weighted by Crippen LogP contribution is -2.29. The van der Waals surface area contributed by atoms with Gasteiger partial charge in [0, 0.05) is 22.7 Å². The fourth-order valence-electron chi connectivity index (χ4n) is 4.01. The summed E-state index contributed by atoms with van der Waals surface area (Å²) in [5.74, 6) is 0.539. The number of aromatic amines is 1. The Bertz CT molecular complexity index is 1010. The molecule has 1 atom stereocenters. The summed E-state index contributed by atoms with van der Waals surface area (Å²) in [4.78, 5) is 17.3. The van der Waals surface area contributed by atoms with Crippen LogP contribution in [0.1, 0.15) is 61.4 Å². The van der Waals surface area contributed by atoms with Gasteiger partial charge >= 0.3 is 0 Å². The molecular formula is C26H32N2O3. The molecule has 1 unspecified atom stereocenters. The molecule has 1 saturated heterocycles. The van der Waals surface area contributed by atoms with E-state index in [1.54, 1.807) is 6.07 Å². The number of β-amino-alcohol motifs (C(OH)–C–C–N with tert-alkyl or cyclic N) is 1. The summed E-state index contributed by atoms with van der Waals surface area (Å²) in [6.07, 6.45) is 10.7. The van der Waals surface area contributed by atoms with Crippen LogP contribution in [0, 0.1) is 0 Å². The minimum Gasteiger partial charge on any atom is -0.488 e. The standard InChI is InChI=1S/C26H32N2O3/c1-2-3-4-5-6-7-8-20-9-12-23(13-10-20)31-19-26(30)18-28(26)25(29)22-11-14-24-21(17-22)15-16-27-24/h9-17,27,30H,2-8,18-19H2,1H3. The molecule has 2 heterocycles. The number of aliphatic hydroxyl groups is 1. The Balaban J connectivity index is 1.23. The molecule has 1 aliphatic rings. The molecule has 0 saturated carbocycles. The van der Waals surface area contributed by atoms with Crippen LogP contribution < -0.4 is 4.74 Å². The van der Waals surface area contributed by atoms with Gasteiger partial charge in [-0.1, -0.05) is 51.2 Å². The van der Waals surface area contributed by atoms with Crippen molar-refractivity contribution in [1.29, 1.82) is 0 Å². The molecule has 2 aromatic carbocycles. The Hall–Kier alpha value is -2.79. The molecule has 0 radical (unpaired) electrons. The fourth-order valence-corrected chi connectivity index (χ4v) is 4.01. The highest BCUT2D eigenvalue weighted by Crippen LogP contribution is 2.32. The number of hydrogen-bond donors (Lipinski definition) is 2. The molecule has 2 N–H and O–H groups in total. The van der Waals surface area contributed by atoms with E-state index in [1.165, 1.54) is 49.0 Å². The molecule has 31 heavy (non-hydrogen) atoms. The Labute approximate surface area is 184 Å². The fraction of sp³-hybridized carbons (Fsp3) is 0.423. The number of rotatable bonds is 11. The molecule has 5 nitrogen and oxygen atoms in total. The third kappa shape index (κ3) is 5.28. The Morgan fingerprint density at radius 2 is 1.84 bits per heavy atom. The lowest BCUT2D eigenvalue weighted by Gasteiger charge is -2.13. The summed E-state index contributed by atoms with van der Waals surface area (Å²) in [5.41, 5.74) is 1.63. The van der Waals surface area contributed by atoms with Crippen molar-refractivity contribution < 1.29 is 14.6 Å². The second-order valence-corrected chi connectivity index (χ2v) is 8.60. The van der Waals surface area contributed by atoms with Gasteiger partial charge in [-0.05, 0) is 54.8 Å². The van der Waals surface area contributed by atoms with E-state index < -0.39 is 5.72 Å². The number of aryl methyl sites for hydroxylation is 1. The van der Waals surface area contributed by atoms with Crippen molar-refractivity contribution in [3.8, 4) is 5.75 Å². The van der Waals surface area contributed by atoms with Gasteiger partial charge in [0.1, 0.15) is 12.4 Å². The van der Waals surface area contributed by atoms with E-state index in [0.717, 1.165) is 17.3 Å². The average Bonchev–Trinajstić information content (AvgIpc) is 3.24. The topological polar surface area (TPSA) is 65.3 Å². The van der Waals surface area contributed by atoms with Crippen LogP contribution in [0.3, 0.4) is 0 Å². The first kappa shape index (κ1) is 21.4. The number of H-pyrrole nitrogens is 1. The number of benzene rings is 2. The summed E-state index contributed by atoms with van der Waals surface area (Å²) in [7, 11) is 0.